The highest BCUT2D eigenvalue weighted by molar-refractivity contribution is 5.76. The summed E-state index contributed by atoms with van der Waals surface area (Å²) in [4.78, 5) is 15.3. The molecular formula is C21H33NO3. The second kappa shape index (κ2) is 5.45. The van der Waals surface area contributed by atoms with Gasteiger partial charge in [-0.25, -0.2) is 0 Å². The summed E-state index contributed by atoms with van der Waals surface area (Å²) in [5.74, 6) is 0.972. The Bertz CT molecular complexity index is 579. The number of carbonyl (C=O) groups excluding carboxylic acids is 1. The predicted octanol–water partition coefficient (Wildman–Crippen LogP) is 3.39. The van der Waals surface area contributed by atoms with Crippen LogP contribution in [0, 0.1) is 23.2 Å². The lowest BCUT2D eigenvalue weighted by molar-refractivity contribution is -0.146. The van der Waals surface area contributed by atoms with Crippen molar-refractivity contribution in [3.05, 3.63) is 0 Å². The van der Waals surface area contributed by atoms with Gasteiger partial charge in [-0.05, 0) is 51.5 Å². The van der Waals surface area contributed by atoms with Crippen molar-refractivity contribution in [2.75, 3.05) is 13.1 Å². The molecule has 5 rings (SSSR count). The number of nitrogens with zero attached hydrogens (tertiary/aromatic N) is 1. The topological polar surface area (TPSA) is 42.1 Å². The van der Waals surface area contributed by atoms with E-state index in [1.807, 2.05) is 0 Å². The van der Waals surface area contributed by atoms with Crippen LogP contribution in [-0.4, -0.2) is 47.8 Å². The first-order valence-electron chi connectivity index (χ1n) is 10.6. The summed E-state index contributed by atoms with van der Waals surface area (Å²) in [6.45, 7) is 9.09. The van der Waals surface area contributed by atoms with Crippen LogP contribution in [0.2, 0.25) is 0 Å². The number of carbonyl (C=O) groups is 1. The molecule has 0 amide bonds. The van der Waals surface area contributed by atoms with Crippen LogP contribution in [-0.2, 0) is 14.3 Å². The van der Waals surface area contributed by atoms with E-state index in [9.17, 15) is 4.79 Å². The molecule has 1 spiro atoms. The Kier molecular flexibility index (Phi) is 3.61. The molecule has 5 fully saturated rings. The lowest BCUT2D eigenvalue weighted by Gasteiger charge is -2.49. The van der Waals surface area contributed by atoms with Crippen molar-refractivity contribution >= 4 is 5.97 Å². The highest BCUT2D eigenvalue weighted by atomic mass is 16.6. The minimum Gasteiger partial charge on any atom is -0.462 e. The fraction of sp³-hybridized carbons (Fsp3) is 0.952. The van der Waals surface area contributed by atoms with E-state index in [0.717, 1.165) is 19.5 Å². The van der Waals surface area contributed by atoms with Gasteiger partial charge in [-0.3, -0.25) is 9.69 Å². The van der Waals surface area contributed by atoms with Gasteiger partial charge in [0, 0.05) is 23.9 Å². The van der Waals surface area contributed by atoms with Gasteiger partial charge in [-0.1, -0.05) is 26.7 Å². The average Bonchev–Trinajstić information content (AvgIpc) is 3.25. The zero-order chi connectivity index (χ0) is 17.4. The summed E-state index contributed by atoms with van der Waals surface area (Å²) in [7, 11) is 0. The first-order chi connectivity index (χ1) is 12.0. The minimum atomic E-state index is 0.0219. The van der Waals surface area contributed by atoms with Crippen molar-refractivity contribution in [2.45, 2.75) is 89.6 Å². The molecule has 3 saturated heterocycles. The lowest BCUT2D eigenvalue weighted by Crippen LogP contribution is -2.55. The van der Waals surface area contributed by atoms with Crippen LogP contribution in [0.25, 0.3) is 0 Å². The molecule has 0 aromatic rings. The molecule has 2 aliphatic carbocycles. The predicted molar refractivity (Wildman–Crippen MR) is 95.1 cm³/mol. The Morgan fingerprint density at radius 2 is 2.04 bits per heavy atom. The number of epoxide rings is 1. The van der Waals surface area contributed by atoms with Gasteiger partial charge in [-0.15, -0.1) is 0 Å². The van der Waals surface area contributed by atoms with Crippen LogP contribution in [0.1, 0.15) is 65.7 Å². The summed E-state index contributed by atoms with van der Waals surface area (Å²) in [5.41, 5.74) is 0.232. The molecule has 5 aliphatic rings. The van der Waals surface area contributed by atoms with Crippen LogP contribution < -0.4 is 0 Å². The molecular weight excluding hydrogens is 314 g/mol. The SMILES string of the molecule is CC1CCCCN1CC1C(=O)OC2CC3(C)CCCC(C)C34OC4C21. The van der Waals surface area contributed by atoms with Crippen molar-refractivity contribution in [3.8, 4) is 0 Å². The fourth-order valence-corrected chi connectivity index (χ4v) is 7.12. The first-order valence-corrected chi connectivity index (χ1v) is 10.6. The standard InChI is InChI=1S/C21H33NO3/c1-13-7-6-9-20(3)11-16-17(18-21(13,20)25-18)15(19(23)24-16)12-22-10-5-4-8-14(22)2/h13-18H,4-12H2,1-3H3. The molecule has 4 nitrogen and oxygen atoms in total. The van der Waals surface area contributed by atoms with Crippen molar-refractivity contribution in [2.24, 2.45) is 23.2 Å². The van der Waals surface area contributed by atoms with Gasteiger partial charge in [0.2, 0.25) is 0 Å². The third-order valence-corrected chi connectivity index (χ3v) is 8.57. The summed E-state index contributed by atoms with van der Waals surface area (Å²) in [6.07, 6.45) is 8.98. The zero-order valence-electron chi connectivity index (χ0n) is 16.0. The van der Waals surface area contributed by atoms with Crippen LogP contribution in [0.4, 0.5) is 0 Å². The maximum atomic E-state index is 12.8. The van der Waals surface area contributed by atoms with Gasteiger partial charge in [-0.2, -0.15) is 0 Å². The maximum Gasteiger partial charge on any atom is 0.311 e. The molecule has 0 bridgehead atoms. The normalized spacial score (nSPS) is 55.1. The van der Waals surface area contributed by atoms with E-state index in [2.05, 4.69) is 25.7 Å². The molecule has 0 N–H and O–H groups in total. The van der Waals surface area contributed by atoms with Crippen molar-refractivity contribution < 1.29 is 14.3 Å². The Morgan fingerprint density at radius 3 is 2.84 bits per heavy atom. The number of esters is 1. The van der Waals surface area contributed by atoms with Gasteiger partial charge in [0.1, 0.15) is 11.7 Å². The van der Waals surface area contributed by atoms with Crippen molar-refractivity contribution in [3.63, 3.8) is 0 Å². The minimum absolute atomic E-state index is 0.0219. The number of rotatable bonds is 2. The molecule has 3 aliphatic heterocycles. The molecule has 25 heavy (non-hydrogen) atoms. The molecule has 8 unspecified atom stereocenters. The van der Waals surface area contributed by atoms with E-state index in [4.69, 9.17) is 9.47 Å². The Labute approximate surface area is 151 Å². The number of likely N-dealkylation sites (tertiary alicyclic amines) is 1. The first kappa shape index (κ1) is 16.6. The summed E-state index contributed by atoms with van der Waals surface area (Å²) in [6, 6.07) is 0.595. The second-order valence-electron chi connectivity index (χ2n) is 9.89. The molecule has 2 saturated carbocycles. The summed E-state index contributed by atoms with van der Waals surface area (Å²) < 4.78 is 12.5. The van der Waals surface area contributed by atoms with E-state index >= 15 is 0 Å². The van der Waals surface area contributed by atoms with Gasteiger partial charge in [0.15, 0.2) is 0 Å². The molecule has 0 aromatic heterocycles. The van der Waals surface area contributed by atoms with E-state index in [0.29, 0.717) is 12.0 Å². The van der Waals surface area contributed by atoms with E-state index in [1.165, 1.54) is 38.5 Å². The van der Waals surface area contributed by atoms with Crippen LogP contribution in [0.3, 0.4) is 0 Å². The smallest absolute Gasteiger partial charge is 0.311 e. The van der Waals surface area contributed by atoms with Gasteiger partial charge < -0.3 is 9.47 Å². The fourth-order valence-electron chi connectivity index (χ4n) is 7.12. The molecule has 0 radical (unpaired) electrons. The second-order valence-corrected chi connectivity index (χ2v) is 9.89. The summed E-state index contributed by atoms with van der Waals surface area (Å²) >= 11 is 0. The van der Waals surface area contributed by atoms with Gasteiger partial charge >= 0.3 is 5.97 Å². The van der Waals surface area contributed by atoms with Crippen LogP contribution in [0.5, 0.6) is 0 Å². The van der Waals surface area contributed by atoms with E-state index < -0.39 is 0 Å². The molecule has 4 heteroatoms. The number of piperidine rings is 1. The number of hydrogen-bond acceptors (Lipinski definition) is 4. The maximum absolute atomic E-state index is 12.8. The molecule has 140 valence electrons. The Morgan fingerprint density at radius 1 is 1.20 bits per heavy atom. The van der Waals surface area contributed by atoms with Crippen molar-refractivity contribution in [1.29, 1.82) is 0 Å². The highest BCUT2D eigenvalue weighted by Gasteiger charge is 2.78. The molecule has 3 heterocycles. The van der Waals surface area contributed by atoms with Crippen LogP contribution >= 0.6 is 0 Å². The molecule has 0 aromatic carbocycles. The van der Waals surface area contributed by atoms with Crippen molar-refractivity contribution in [1.82, 2.24) is 4.90 Å². The average molecular weight is 347 g/mol. The van der Waals surface area contributed by atoms with Gasteiger partial charge in [0.05, 0.1) is 12.0 Å². The van der Waals surface area contributed by atoms with E-state index in [1.54, 1.807) is 0 Å². The number of ether oxygens (including phenoxy) is 2. The monoisotopic (exact) mass is 347 g/mol. The Balaban J connectivity index is 1.40. The third-order valence-electron chi connectivity index (χ3n) is 8.57. The number of fused-ring (bicyclic) bond motifs is 2. The highest BCUT2D eigenvalue weighted by Crippen LogP contribution is 2.70. The largest absolute Gasteiger partial charge is 0.462 e. The third kappa shape index (κ3) is 2.16. The Hall–Kier alpha value is -0.610. The molecule has 8 atom stereocenters. The zero-order valence-corrected chi connectivity index (χ0v) is 16.0. The van der Waals surface area contributed by atoms with Gasteiger partial charge in [0.25, 0.3) is 0 Å². The summed E-state index contributed by atoms with van der Waals surface area (Å²) in [5, 5.41) is 0. The van der Waals surface area contributed by atoms with Crippen LogP contribution in [0.15, 0.2) is 0 Å². The quantitative estimate of drug-likeness (QED) is 0.567. The lowest BCUT2D eigenvalue weighted by atomic mass is 9.53. The van der Waals surface area contributed by atoms with E-state index in [-0.39, 0.29) is 41.0 Å². The number of hydrogen-bond donors (Lipinski definition) is 0.